The number of carbonyl (C=O) groups excluding carboxylic acids is 1. The van der Waals surface area contributed by atoms with Gasteiger partial charge in [-0.05, 0) is 57.6 Å². The predicted molar refractivity (Wildman–Crippen MR) is 105 cm³/mol. The van der Waals surface area contributed by atoms with E-state index in [-0.39, 0.29) is 24.5 Å². The Kier molecular flexibility index (Phi) is 8.46. The first-order valence-electron chi connectivity index (χ1n) is 8.24. The van der Waals surface area contributed by atoms with Gasteiger partial charge < -0.3 is 15.0 Å². The highest BCUT2D eigenvalue weighted by Gasteiger charge is 2.12. The Hall–Kier alpha value is -2.04. The van der Waals surface area contributed by atoms with Crippen LogP contribution in [0.2, 0.25) is 0 Å². The lowest BCUT2D eigenvalue weighted by molar-refractivity contribution is 0.196. The minimum atomic E-state index is -0.423. The van der Waals surface area contributed by atoms with E-state index < -0.39 is 6.09 Å². The van der Waals surface area contributed by atoms with Crippen LogP contribution in [-0.4, -0.2) is 31.1 Å². The van der Waals surface area contributed by atoms with Crippen molar-refractivity contribution in [3.05, 3.63) is 65.7 Å². The zero-order valence-electron chi connectivity index (χ0n) is 15.2. The molecule has 2 aromatic carbocycles. The molecule has 4 nitrogen and oxygen atoms in total. The van der Waals surface area contributed by atoms with Gasteiger partial charge in [0.05, 0.1) is 0 Å². The molecule has 0 bridgehead atoms. The third kappa shape index (κ3) is 6.77. The topological polar surface area (TPSA) is 41.6 Å². The van der Waals surface area contributed by atoms with E-state index in [2.05, 4.69) is 29.3 Å². The summed E-state index contributed by atoms with van der Waals surface area (Å²) in [5.74, 6) is 0.561. The van der Waals surface area contributed by atoms with Crippen molar-refractivity contribution in [2.75, 3.05) is 14.1 Å². The Morgan fingerprint density at radius 1 is 1.08 bits per heavy atom. The molecule has 0 aliphatic heterocycles. The van der Waals surface area contributed by atoms with E-state index in [1.165, 1.54) is 5.56 Å². The molecule has 0 aromatic heterocycles. The van der Waals surface area contributed by atoms with Crippen LogP contribution in [-0.2, 0) is 6.42 Å². The van der Waals surface area contributed by atoms with Crippen molar-refractivity contribution in [1.29, 1.82) is 0 Å². The molecule has 0 fully saturated rings. The second kappa shape index (κ2) is 10.1. The monoisotopic (exact) mass is 362 g/mol. The SMILES string of the molecule is C[C@H](Cc1ccccc1)NC(=O)Oc1cccc([C@H](C)N(C)C)c1.Cl. The predicted octanol–water partition coefficient (Wildman–Crippen LogP) is 4.45. The maximum atomic E-state index is 12.1. The minimum Gasteiger partial charge on any atom is -0.410 e. The molecular weight excluding hydrogens is 336 g/mol. The molecule has 0 saturated heterocycles. The molecule has 0 radical (unpaired) electrons. The summed E-state index contributed by atoms with van der Waals surface area (Å²) in [5, 5.41) is 2.88. The summed E-state index contributed by atoms with van der Waals surface area (Å²) in [6.07, 6.45) is 0.348. The normalized spacial score (nSPS) is 12.8. The fourth-order valence-electron chi connectivity index (χ4n) is 2.49. The fourth-order valence-corrected chi connectivity index (χ4v) is 2.49. The van der Waals surface area contributed by atoms with Gasteiger partial charge in [0.1, 0.15) is 5.75 Å². The zero-order chi connectivity index (χ0) is 17.5. The van der Waals surface area contributed by atoms with Gasteiger partial charge >= 0.3 is 6.09 Å². The van der Waals surface area contributed by atoms with Gasteiger partial charge in [-0.25, -0.2) is 4.79 Å². The average molecular weight is 363 g/mol. The van der Waals surface area contributed by atoms with Gasteiger partial charge in [0, 0.05) is 12.1 Å². The Balaban J connectivity index is 0.00000312. The van der Waals surface area contributed by atoms with Crippen LogP contribution >= 0.6 is 12.4 Å². The summed E-state index contributed by atoms with van der Waals surface area (Å²) in [4.78, 5) is 14.2. The number of benzene rings is 2. The summed E-state index contributed by atoms with van der Waals surface area (Å²) in [7, 11) is 4.05. The van der Waals surface area contributed by atoms with E-state index in [4.69, 9.17) is 4.74 Å². The van der Waals surface area contributed by atoms with Crippen LogP contribution in [0.25, 0.3) is 0 Å². The smallest absolute Gasteiger partial charge is 0.410 e. The van der Waals surface area contributed by atoms with Crippen molar-refractivity contribution < 1.29 is 9.53 Å². The van der Waals surface area contributed by atoms with E-state index in [1.54, 1.807) is 6.07 Å². The van der Waals surface area contributed by atoms with Crippen LogP contribution in [0.5, 0.6) is 5.75 Å². The second-order valence-corrected chi connectivity index (χ2v) is 6.34. The first-order chi connectivity index (χ1) is 11.5. The van der Waals surface area contributed by atoms with E-state index in [0.717, 1.165) is 12.0 Å². The molecule has 0 spiro atoms. The van der Waals surface area contributed by atoms with Gasteiger partial charge in [0.15, 0.2) is 0 Å². The maximum Gasteiger partial charge on any atom is 0.412 e. The molecule has 1 N–H and O–H groups in total. The van der Waals surface area contributed by atoms with Crippen molar-refractivity contribution in [3.8, 4) is 5.75 Å². The van der Waals surface area contributed by atoms with Crippen molar-refractivity contribution in [1.82, 2.24) is 10.2 Å². The van der Waals surface area contributed by atoms with E-state index in [1.807, 2.05) is 57.4 Å². The van der Waals surface area contributed by atoms with Crippen LogP contribution in [0.1, 0.15) is 31.0 Å². The van der Waals surface area contributed by atoms with Gasteiger partial charge in [-0.3, -0.25) is 0 Å². The van der Waals surface area contributed by atoms with Gasteiger partial charge in [0.2, 0.25) is 0 Å². The standard InChI is InChI=1S/C20H26N2O2.ClH/c1-15(13-17-9-6-5-7-10-17)21-20(23)24-19-12-8-11-18(14-19)16(2)22(3)4;/h5-12,14-16H,13H2,1-4H3,(H,21,23);1H/t15-,16+;/m1./s1. The van der Waals surface area contributed by atoms with E-state index in [0.29, 0.717) is 5.75 Å². The molecule has 2 rings (SSSR count). The maximum absolute atomic E-state index is 12.1. The molecule has 0 unspecified atom stereocenters. The number of rotatable bonds is 6. The molecule has 0 aliphatic carbocycles. The highest BCUT2D eigenvalue weighted by Crippen LogP contribution is 2.22. The molecule has 2 atom stereocenters. The van der Waals surface area contributed by atoms with Gasteiger partial charge in [-0.2, -0.15) is 0 Å². The first kappa shape index (κ1) is 21.0. The molecule has 0 saturated carbocycles. The van der Waals surface area contributed by atoms with Crippen LogP contribution < -0.4 is 10.1 Å². The van der Waals surface area contributed by atoms with Gasteiger partial charge in [-0.1, -0.05) is 42.5 Å². The summed E-state index contributed by atoms with van der Waals surface area (Å²) in [6.45, 7) is 4.08. The summed E-state index contributed by atoms with van der Waals surface area (Å²) in [5.41, 5.74) is 2.30. The fraction of sp³-hybridized carbons (Fsp3) is 0.350. The molecule has 1 amide bonds. The number of nitrogens with zero attached hydrogens (tertiary/aromatic N) is 1. The largest absolute Gasteiger partial charge is 0.412 e. The van der Waals surface area contributed by atoms with Crippen molar-refractivity contribution in [2.45, 2.75) is 32.4 Å². The third-order valence-corrected chi connectivity index (χ3v) is 4.07. The second-order valence-electron chi connectivity index (χ2n) is 6.34. The molecular formula is C20H27ClN2O2. The van der Waals surface area contributed by atoms with Gasteiger partial charge in [0.25, 0.3) is 0 Å². The van der Waals surface area contributed by atoms with Crippen LogP contribution in [0.3, 0.4) is 0 Å². The lowest BCUT2D eigenvalue weighted by Crippen LogP contribution is -2.36. The minimum absolute atomic E-state index is 0. The molecule has 5 heteroatoms. The van der Waals surface area contributed by atoms with Crippen LogP contribution in [0.4, 0.5) is 4.79 Å². The third-order valence-electron chi connectivity index (χ3n) is 4.07. The number of amides is 1. The molecule has 0 heterocycles. The Labute approximate surface area is 156 Å². The quantitative estimate of drug-likeness (QED) is 0.825. The number of hydrogen-bond donors (Lipinski definition) is 1. The Morgan fingerprint density at radius 2 is 1.76 bits per heavy atom. The molecule has 0 aliphatic rings. The van der Waals surface area contributed by atoms with Crippen molar-refractivity contribution in [2.24, 2.45) is 0 Å². The number of nitrogens with one attached hydrogen (secondary N) is 1. The Morgan fingerprint density at radius 3 is 2.40 bits per heavy atom. The summed E-state index contributed by atoms with van der Waals surface area (Å²) < 4.78 is 5.42. The summed E-state index contributed by atoms with van der Waals surface area (Å²) >= 11 is 0. The average Bonchev–Trinajstić information content (AvgIpc) is 2.54. The number of ether oxygens (including phenoxy) is 1. The van der Waals surface area contributed by atoms with Crippen molar-refractivity contribution in [3.63, 3.8) is 0 Å². The summed E-state index contributed by atoms with van der Waals surface area (Å²) in [6, 6.07) is 18.0. The molecule has 2 aromatic rings. The van der Waals surface area contributed by atoms with E-state index >= 15 is 0 Å². The highest BCUT2D eigenvalue weighted by atomic mass is 35.5. The lowest BCUT2D eigenvalue weighted by Gasteiger charge is -2.20. The van der Waals surface area contributed by atoms with E-state index in [9.17, 15) is 4.79 Å². The Bertz CT molecular complexity index is 662. The lowest BCUT2D eigenvalue weighted by atomic mass is 10.1. The number of hydrogen-bond acceptors (Lipinski definition) is 3. The van der Waals surface area contributed by atoms with Crippen LogP contribution in [0, 0.1) is 0 Å². The van der Waals surface area contributed by atoms with Crippen molar-refractivity contribution >= 4 is 18.5 Å². The highest BCUT2D eigenvalue weighted by molar-refractivity contribution is 5.85. The number of halogens is 1. The zero-order valence-corrected chi connectivity index (χ0v) is 16.0. The number of carbonyl (C=O) groups is 1. The molecule has 136 valence electrons. The van der Waals surface area contributed by atoms with Gasteiger partial charge in [-0.15, -0.1) is 12.4 Å². The molecule has 25 heavy (non-hydrogen) atoms. The first-order valence-corrected chi connectivity index (χ1v) is 8.24. The van der Waals surface area contributed by atoms with Crippen LogP contribution in [0.15, 0.2) is 54.6 Å².